The Hall–Kier alpha value is -0.660. The highest BCUT2D eigenvalue weighted by molar-refractivity contribution is 7.99. The van der Waals surface area contributed by atoms with Gasteiger partial charge in [0.2, 0.25) is 0 Å². The van der Waals surface area contributed by atoms with Crippen LogP contribution in [-0.2, 0) is 0 Å². The molecule has 2 rings (SSSR count). The predicted octanol–water partition coefficient (Wildman–Crippen LogP) is 2.66. The van der Waals surface area contributed by atoms with Crippen LogP contribution in [0.1, 0.15) is 22.5 Å². The van der Waals surface area contributed by atoms with Crippen molar-refractivity contribution in [3.63, 3.8) is 0 Å². The molecular weight excluding hydrogens is 280 g/mol. The zero-order chi connectivity index (χ0) is 13.1. The number of rotatable bonds is 3. The lowest BCUT2D eigenvalue weighted by atomic mass is 10.1. The number of likely N-dealkylation sites (tertiary alicyclic amines) is 1. The standard InChI is InChI=1S/C11H13F2NO2S2/c12-11(13)18-8-3-5-17-9(8)10(16)14-4-1-2-7(15)6-14/h3,5,7,11,15H,1-2,4,6H2. The van der Waals surface area contributed by atoms with Gasteiger partial charge in [0.1, 0.15) is 4.88 Å². The van der Waals surface area contributed by atoms with Crippen molar-refractivity contribution < 1.29 is 18.7 Å². The van der Waals surface area contributed by atoms with Gasteiger partial charge in [-0.25, -0.2) is 0 Å². The van der Waals surface area contributed by atoms with E-state index in [0.29, 0.717) is 34.5 Å². The van der Waals surface area contributed by atoms with Crippen molar-refractivity contribution in [2.24, 2.45) is 0 Å². The molecule has 1 unspecified atom stereocenters. The summed E-state index contributed by atoms with van der Waals surface area (Å²) >= 11 is 1.56. The van der Waals surface area contributed by atoms with Crippen LogP contribution in [0.25, 0.3) is 0 Å². The normalized spacial score (nSPS) is 20.4. The number of amides is 1. The molecule has 1 saturated heterocycles. The Kier molecular flexibility index (Phi) is 4.58. The van der Waals surface area contributed by atoms with Crippen LogP contribution in [0.2, 0.25) is 0 Å². The van der Waals surface area contributed by atoms with Crippen molar-refractivity contribution >= 4 is 29.0 Å². The number of nitrogens with zero attached hydrogens (tertiary/aromatic N) is 1. The van der Waals surface area contributed by atoms with E-state index < -0.39 is 11.9 Å². The highest BCUT2D eigenvalue weighted by Crippen LogP contribution is 2.33. The quantitative estimate of drug-likeness (QED) is 0.871. The molecule has 1 aliphatic heterocycles. The summed E-state index contributed by atoms with van der Waals surface area (Å²) in [5, 5.41) is 11.2. The molecule has 100 valence electrons. The number of halogens is 2. The number of alkyl halides is 2. The Balaban J connectivity index is 2.10. The minimum atomic E-state index is -2.53. The number of piperidine rings is 1. The molecule has 0 saturated carbocycles. The van der Waals surface area contributed by atoms with Gasteiger partial charge < -0.3 is 10.0 Å². The maximum absolute atomic E-state index is 12.3. The van der Waals surface area contributed by atoms with Gasteiger partial charge in [-0.15, -0.1) is 11.3 Å². The summed E-state index contributed by atoms with van der Waals surface area (Å²) in [4.78, 5) is 14.4. The fourth-order valence-electron chi connectivity index (χ4n) is 1.93. The first-order valence-electron chi connectivity index (χ1n) is 5.57. The van der Waals surface area contributed by atoms with E-state index in [1.54, 1.807) is 5.38 Å². The van der Waals surface area contributed by atoms with E-state index in [1.165, 1.54) is 22.3 Å². The lowest BCUT2D eigenvalue weighted by molar-refractivity contribution is 0.0475. The fourth-order valence-corrected chi connectivity index (χ4v) is 3.59. The van der Waals surface area contributed by atoms with Crippen LogP contribution in [0, 0.1) is 0 Å². The molecule has 2 heterocycles. The minimum absolute atomic E-state index is 0.257. The molecule has 1 aliphatic rings. The molecule has 0 radical (unpaired) electrons. The Morgan fingerprint density at radius 2 is 2.39 bits per heavy atom. The molecule has 0 aromatic carbocycles. The second kappa shape index (κ2) is 5.99. The van der Waals surface area contributed by atoms with Crippen molar-refractivity contribution in [3.05, 3.63) is 16.3 Å². The molecule has 1 fully saturated rings. The molecule has 18 heavy (non-hydrogen) atoms. The SMILES string of the molecule is O=C(c1sccc1SC(F)F)N1CCCC(O)C1. The zero-order valence-electron chi connectivity index (χ0n) is 9.51. The Bertz CT molecular complexity index is 425. The third-order valence-electron chi connectivity index (χ3n) is 2.72. The van der Waals surface area contributed by atoms with Gasteiger partial charge in [-0.2, -0.15) is 8.78 Å². The van der Waals surface area contributed by atoms with Crippen molar-refractivity contribution in [2.45, 2.75) is 29.6 Å². The van der Waals surface area contributed by atoms with Crippen LogP contribution in [-0.4, -0.2) is 40.9 Å². The van der Waals surface area contributed by atoms with Crippen LogP contribution in [0.3, 0.4) is 0 Å². The minimum Gasteiger partial charge on any atom is -0.391 e. The summed E-state index contributed by atoms with van der Waals surface area (Å²) < 4.78 is 24.7. The number of aliphatic hydroxyl groups is 1. The van der Waals surface area contributed by atoms with Gasteiger partial charge in [-0.3, -0.25) is 4.79 Å². The molecule has 1 amide bonds. The molecule has 1 aromatic rings. The molecule has 3 nitrogen and oxygen atoms in total. The second-order valence-corrected chi connectivity index (χ2v) is 5.99. The zero-order valence-corrected chi connectivity index (χ0v) is 11.1. The van der Waals surface area contributed by atoms with Crippen LogP contribution in [0.4, 0.5) is 8.78 Å². The number of β-amino-alcohol motifs (C(OH)–C–C–N with tert-alkyl or cyclic N) is 1. The highest BCUT2D eigenvalue weighted by atomic mass is 32.2. The molecule has 1 aromatic heterocycles. The lowest BCUT2D eigenvalue weighted by Gasteiger charge is -2.30. The van der Waals surface area contributed by atoms with Gasteiger partial charge in [-0.1, -0.05) is 11.8 Å². The van der Waals surface area contributed by atoms with Gasteiger partial charge in [0.05, 0.1) is 6.10 Å². The van der Waals surface area contributed by atoms with Crippen LogP contribution < -0.4 is 0 Å². The molecule has 1 N–H and O–H groups in total. The van der Waals surface area contributed by atoms with Crippen LogP contribution >= 0.6 is 23.1 Å². The van der Waals surface area contributed by atoms with E-state index in [0.717, 1.165) is 6.42 Å². The smallest absolute Gasteiger partial charge is 0.288 e. The van der Waals surface area contributed by atoms with E-state index >= 15 is 0 Å². The number of hydrogen-bond donors (Lipinski definition) is 1. The van der Waals surface area contributed by atoms with Crippen LogP contribution in [0.5, 0.6) is 0 Å². The number of aliphatic hydroxyl groups excluding tert-OH is 1. The maximum atomic E-state index is 12.3. The molecule has 1 atom stereocenters. The van der Waals surface area contributed by atoms with Crippen LogP contribution in [0.15, 0.2) is 16.3 Å². The lowest BCUT2D eigenvalue weighted by Crippen LogP contribution is -2.42. The Labute approximate surface area is 112 Å². The van der Waals surface area contributed by atoms with Crippen molar-refractivity contribution in [3.8, 4) is 0 Å². The number of hydrogen-bond acceptors (Lipinski definition) is 4. The van der Waals surface area contributed by atoms with E-state index in [9.17, 15) is 18.7 Å². The van der Waals surface area contributed by atoms with Gasteiger partial charge in [-0.05, 0) is 24.3 Å². The average molecular weight is 293 g/mol. The van der Waals surface area contributed by atoms with E-state index in [-0.39, 0.29) is 12.5 Å². The fraction of sp³-hybridized carbons (Fsp3) is 0.545. The van der Waals surface area contributed by atoms with Crippen molar-refractivity contribution in [1.29, 1.82) is 0 Å². The number of carbonyl (C=O) groups is 1. The average Bonchev–Trinajstić information content (AvgIpc) is 2.75. The largest absolute Gasteiger partial charge is 0.391 e. The third kappa shape index (κ3) is 3.21. The first-order chi connectivity index (χ1) is 8.58. The molecule has 0 aliphatic carbocycles. The molecule has 0 spiro atoms. The molecule has 0 bridgehead atoms. The highest BCUT2D eigenvalue weighted by Gasteiger charge is 2.26. The van der Waals surface area contributed by atoms with Crippen molar-refractivity contribution in [2.75, 3.05) is 13.1 Å². The first kappa shape index (κ1) is 13.8. The Morgan fingerprint density at radius 3 is 3.06 bits per heavy atom. The predicted molar refractivity (Wildman–Crippen MR) is 67.3 cm³/mol. The maximum Gasteiger partial charge on any atom is 0.288 e. The summed E-state index contributed by atoms with van der Waals surface area (Å²) in [6, 6.07) is 1.54. The number of thioether (sulfide) groups is 1. The Morgan fingerprint density at radius 1 is 1.61 bits per heavy atom. The van der Waals surface area contributed by atoms with E-state index in [4.69, 9.17) is 0 Å². The first-order valence-corrected chi connectivity index (χ1v) is 7.33. The van der Waals surface area contributed by atoms with E-state index in [2.05, 4.69) is 0 Å². The van der Waals surface area contributed by atoms with Gasteiger partial charge in [0, 0.05) is 18.0 Å². The van der Waals surface area contributed by atoms with Gasteiger partial charge in [0.25, 0.3) is 11.7 Å². The number of carbonyl (C=O) groups excluding carboxylic acids is 1. The van der Waals surface area contributed by atoms with Gasteiger partial charge >= 0.3 is 0 Å². The summed E-state index contributed by atoms with van der Waals surface area (Å²) in [6.45, 7) is 0.863. The number of thiophene rings is 1. The summed E-state index contributed by atoms with van der Waals surface area (Å²) in [5.74, 6) is -2.79. The summed E-state index contributed by atoms with van der Waals surface area (Å²) in [6.07, 6.45) is 0.927. The summed E-state index contributed by atoms with van der Waals surface area (Å²) in [5.41, 5.74) is 0. The monoisotopic (exact) mass is 293 g/mol. The summed E-state index contributed by atoms with van der Waals surface area (Å²) in [7, 11) is 0. The van der Waals surface area contributed by atoms with Gasteiger partial charge in [0.15, 0.2) is 0 Å². The molecular formula is C11H13F2NO2S2. The topological polar surface area (TPSA) is 40.5 Å². The van der Waals surface area contributed by atoms with E-state index in [1.807, 2.05) is 0 Å². The third-order valence-corrected chi connectivity index (χ3v) is 4.53. The second-order valence-electron chi connectivity index (χ2n) is 4.04. The van der Waals surface area contributed by atoms with Crippen molar-refractivity contribution in [1.82, 2.24) is 4.90 Å². The molecule has 7 heteroatoms.